The number of nitrogens with zero attached hydrogens (tertiary/aromatic N) is 1. The van der Waals surface area contributed by atoms with Crippen LogP contribution in [-0.2, 0) is 9.63 Å². The van der Waals surface area contributed by atoms with E-state index in [0.29, 0.717) is 12.0 Å². The third-order valence-corrected chi connectivity index (χ3v) is 1.87. The fourth-order valence-corrected chi connectivity index (χ4v) is 1.26. The molecule has 0 aliphatic rings. The van der Waals surface area contributed by atoms with Crippen molar-refractivity contribution in [1.29, 1.82) is 0 Å². The highest BCUT2D eigenvalue weighted by molar-refractivity contribution is 6.16. The molecule has 0 radical (unpaired) electrons. The Morgan fingerprint density at radius 3 is 2.56 bits per heavy atom. The minimum absolute atomic E-state index is 0.208. The van der Waals surface area contributed by atoms with Crippen molar-refractivity contribution >= 4 is 11.5 Å². The standard InChI is InChI=1S/C11H11NO4/c1-2-6-10(11(13)16-12(14)15)9-7-4-3-5-8-9/h3-8H,2H2,1H3. The number of rotatable bonds is 4. The number of benzene rings is 1. The van der Waals surface area contributed by atoms with Crippen molar-refractivity contribution in [3.05, 3.63) is 52.1 Å². The maximum atomic E-state index is 11.4. The highest BCUT2D eigenvalue weighted by Crippen LogP contribution is 2.16. The molecule has 16 heavy (non-hydrogen) atoms. The van der Waals surface area contributed by atoms with Crippen LogP contribution in [0.4, 0.5) is 0 Å². The molecular formula is C11H11NO4. The summed E-state index contributed by atoms with van der Waals surface area (Å²) >= 11 is 0. The summed E-state index contributed by atoms with van der Waals surface area (Å²) in [5.74, 6) is -0.946. The Kier molecular flexibility index (Phi) is 4.20. The van der Waals surface area contributed by atoms with Crippen LogP contribution in [0.5, 0.6) is 0 Å². The molecule has 0 bridgehead atoms. The van der Waals surface area contributed by atoms with Crippen LogP contribution in [0.2, 0.25) is 0 Å². The van der Waals surface area contributed by atoms with Gasteiger partial charge in [-0.15, -0.1) is 10.1 Å². The SMILES string of the molecule is CCC=C(C(=O)O[N+](=O)[O-])c1ccccc1. The van der Waals surface area contributed by atoms with Gasteiger partial charge in [0.05, 0.1) is 0 Å². The summed E-state index contributed by atoms with van der Waals surface area (Å²) in [4.78, 5) is 25.4. The maximum absolute atomic E-state index is 11.4. The van der Waals surface area contributed by atoms with Gasteiger partial charge in [-0.05, 0) is 12.0 Å². The fourth-order valence-electron chi connectivity index (χ4n) is 1.26. The van der Waals surface area contributed by atoms with E-state index < -0.39 is 11.1 Å². The van der Waals surface area contributed by atoms with Crippen LogP contribution in [0.3, 0.4) is 0 Å². The highest BCUT2D eigenvalue weighted by atomic mass is 17.0. The molecule has 0 fully saturated rings. The summed E-state index contributed by atoms with van der Waals surface area (Å²) in [6, 6.07) is 8.69. The molecule has 0 heterocycles. The van der Waals surface area contributed by atoms with Crippen molar-refractivity contribution in [2.24, 2.45) is 0 Å². The maximum Gasteiger partial charge on any atom is 0.334 e. The van der Waals surface area contributed by atoms with Gasteiger partial charge in [-0.3, -0.25) is 4.79 Å². The van der Waals surface area contributed by atoms with Crippen LogP contribution in [0.25, 0.3) is 5.57 Å². The van der Waals surface area contributed by atoms with Crippen LogP contribution >= 0.6 is 0 Å². The smallest absolute Gasteiger partial charge is 0.263 e. The lowest BCUT2D eigenvalue weighted by molar-refractivity contribution is -0.728. The van der Waals surface area contributed by atoms with Gasteiger partial charge >= 0.3 is 11.1 Å². The van der Waals surface area contributed by atoms with Crippen molar-refractivity contribution in [3.63, 3.8) is 0 Å². The molecule has 5 heteroatoms. The summed E-state index contributed by atoms with van der Waals surface area (Å²) in [7, 11) is 0. The molecule has 0 aliphatic carbocycles. The molecule has 0 atom stereocenters. The van der Waals surface area contributed by atoms with Gasteiger partial charge < -0.3 is 0 Å². The molecule has 0 aliphatic heterocycles. The van der Waals surface area contributed by atoms with Gasteiger partial charge in [0.1, 0.15) is 0 Å². The Bertz CT molecular complexity index is 411. The van der Waals surface area contributed by atoms with E-state index in [0.717, 1.165) is 0 Å². The zero-order chi connectivity index (χ0) is 12.0. The third kappa shape index (κ3) is 3.20. The Morgan fingerprint density at radius 2 is 2.06 bits per heavy atom. The van der Waals surface area contributed by atoms with Gasteiger partial charge in [0, 0.05) is 5.57 Å². The molecule has 0 saturated carbocycles. The second-order valence-electron chi connectivity index (χ2n) is 2.99. The second kappa shape index (κ2) is 5.65. The average Bonchev–Trinajstić information content (AvgIpc) is 2.26. The molecule has 1 aromatic carbocycles. The van der Waals surface area contributed by atoms with Gasteiger partial charge in [0.15, 0.2) is 0 Å². The summed E-state index contributed by atoms with van der Waals surface area (Å²) in [5, 5.41) is 8.98. The highest BCUT2D eigenvalue weighted by Gasteiger charge is 2.15. The van der Waals surface area contributed by atoms with E-state index in [1.54, 1.807) is 36.4 Å². The zero-order valence-electron chi connectivity index (χ0n) is 8.75. The van der Waals surface area contributed by atoms with Crippen LogP contribution in [0, 0.1) is 10.1 Å². The Balaban J connectivity index is 2.97. The van der Waals surface area contributed by atoms with E-state index in [2.05, 4.69) is 4.84 Å². The van der Waals surface area contributed by atoms with Crippen molar-refractivity contribution in [2.75, 3.05) is 0 Å². The van der Waals surface area contributed by atoms with Gasteiger partial charge in [-0.1, -0.05) is 43.3 Å². The van der Waals surface area contributed by atoms with Crippen molar-refractivity contribution in [3.8, 4) is 0 Å². The normalized spacial score (nSPS) is 10.9. The Labute approximate surface area is 92.4 Å². The molecule has 0 saturated heterocycles. The molecule has 0 N–H and O–H groups in total. The summed E-state index contributed by atoms with van der Waals surface area (Å²) < 4.78 is 0. The topological polar surface area (TPSA) is 69.4 Å². The summed E-state index contributed by atoms with van der Waals surface area (Å²) in [6.45, 7) is 1.84. The Morgan fingerprint density at radius 1 is 1.44 bits per heavy atom. The fraction of sp³-hybridized carbons (Fsp3) is 0.182. The van der Waals surface area contributed by atoms with Crippen LogP contribution in [0.1, 0.15) is 18.9 Å². The lowest BCUT2D eigenvalue weighted by Gasteiger charge is -2.04. The lowest BCUT2D eigenvalue weighted by atomic mass is 10.1. The first-order valence-electron chi connectivity index (χ1n) is 4.77. The summed E-state index contributed by atoms with van der Waals surface area (Å²) in [6.07, 6.45) is 2.19. The minimum Gasteiger partial charge on any atom is -0.263 e. The largest absolute Gasteiger partial charge is 0.334 e. The molecule has 0 aromatic heterocycles. The van der Waals surface area contributed by atoms with E-state index in [-0.39, 0.29) is 5.57 Å². The van der Waals surface area contributed by atoms with E-state index in [1.807, 2.05) is 6.92 Å². The first-order chi connectivity index (χ1) is 7.65. The van der Waals surface area contributed by atoms with Crippen LogP contribution in [0.15, 0.2) is 36.4 Å². The predicted molar refractivity (Wildman–Crippen MR) is 57.8 cm³/mol. The molecule has 84 valence electrons. The molecule has 0 amide bonds. The number of allylic oxidation sites excluding steroid dienone is 1. The van der Waals surface area contributed by atoms with Crippen molar-refractivity contribution < 1.29 is 14.7 Å². The molecular weight excluding hydrogens is 210 g/mol. The van der Waals surface area contributed by atoms with Crippen LogP contribution < -0.4 is 0 Å². The number of carbonyl (C=O) groups is 1. The predicted octanol–water partition coefficient (Wildman–Crippen LogP) is 2.21. The average molecular weight is 221 g/mol. The number of hydrogen-bond donors (Lipinski definition) is 0. The first-order valence-corrected chi connectivity index (χ1v) is 4.77. The molecule has 1 rings (SSSR count). The number of carbonyl (C=O) groups excluding carboxylic acids is 1. The number of hydrogen-bond acceptors (Lipinski definition) is 4. The Hall–Kier alpha value is -2.17. The second-order valence-corrected chi connectivity index (χ2v) is 2.99. The molecule has 0 spiro atoms. The van der Waals surface area contributed by atoms with E-state index in [9.17, 15) is 14.9 Å². The van der Waals surface area contributed by atoms with Gasteiger partial charge in [0.25, 0.3) is 0 Å². The quantitative estimate of drug-likeness (QED) is 0.444. The van der Waals surface area contributed by atoms with Crippen LogP contribution in [-0.4, -0.2) is 11.1 Å². The van der Waals surface area contributed by atoms with Gasteiger partial charge in [-0.2, -0.15) is 0 Å². The molecule has 0 unspecified atom stereocenters. The van der Waals surface area contributed by atoms with E-state index in [1.165, 1.54) is 0 Å². The minimum atomic E-state index is -1.10. The van der Waals surface area contributed by atoms with Gasteiger partial charge in [0.2, 0.25) is 0 Å². The first kappa shape index (κ1) is 11.9. The van der Waals surface area contributed by atoms with E-state index in [4.69, 9.17) is 0 Å². The summed E-state index contributed by atoms with van der Waals surface area (Å²) in [5.41, 5.74) is 0.816. The third-order valence-electron chi connectivity index (χ3n) is 1.87. The van der Waals surface area contributed by atoms with Gasteiger partial charge in [-0.25, -0.2) is 4.84 Å². The zero-order valence-corrected chi connectivity index (χ0v) is 8.75. The molecule has 1 aromatic rings. The van der Waals surface area contributed by atoms with E-state index >= 15 is 0 Å². The van der Waals surface area contributed by atoms with Crippen molar-refractivity contribution in [1.82, 2.24) is 0 Å². The van der Waals surface area contributed by atoms with Crippen molar-refractivity contribution in [2.45, 2.75) is 13.3 Å². The molecule has 5 nitrogen and oxygen atoms in total. The lowest BCUT2D eigenvalue weighted by Crippen LogP contribution is -2.12. The monoisotopic (exact) mass is 221 g/mol.